The largest absolute Gasteiger partial charge is 0.497 e. The van der Waals surface area contributed by atoms with E-state index in [0.717, 1.165) is 50.2 Å². The van der Waals surface area contributed by atoms with Crippen molar-refractivity contribution in [3.63, 3.8) is 0 Å². The van der Waals surface area contributed by atoms with Gasteiger partial charge in [0.1, 0.15) is 11.6 Å². The van der Waals surface area contributed by atoms with E-state index >= 15 is 0 Å². The number of anilines is 1. The molecule has 0 radical (unpaired) electrons. The summed E-state index contributed by atoms with van der Waals surface area (Å²) in [5.41, 5.74) is 2.02. The highest BCUT2D eigenvalue weighted by molar-refractivity contribution is 5.93. The minimum absolute atomic E-state index is 0.0925. The molecule has 2 aromatic carbocycles. The van der Waals surface area contributed by atoms with E-state index in [-0.39, 0.29) is 17.8 Å². The van der Waals surface area contributed by atoms with Crippen molar-refractivity contribution in [3.8, 4) is 5.75 Å². The van der Waals surface area contributed by atoms with Gasteiger partial charge in [0.2, 0.25) is 5.91 Å². The van der Waals surface area contributed by atoms with Gasteiger partial charge in [-0.05, 0) is 86.7 Å². The number of aryl methyl sites for hydroxylation is 1. The fourth-order valence-electron chi connectivity index (χ4n) is 4.20. The molecule has 0 bridgehead atoms. The number of piperidine rings is 1. The minimum atomic E-state index is -0.283. The lowest BCUT2D eigenvalue weighted by Gasteiger charge is -2.39. The Labute approximate surface area is 173 Å². The van der Waals surface area contributed by atoms with E-state index in [9.17, 15) is 9.18 Å². The van der Waals surface area contributed by atoms with Crippen molar-refractivity contribution in [2.75, 3.05) is 25.1 Å². The van der Waals surface area contributed by atoms with Crippen LogP contribution in [0.1, 0.15) is 38.2 Å². The zero-order valence-electron chi connectivity index (χ0n) is 17.4. The van der Waals surface area contributed by atoms with Crippen LogP contribution in [0.4, 0.5) is 10.1 Å². The van der Waals surface area contributed by atoms with Crippen LogP contribution in [0, 0.1) is 11.7 Å². The number of amides is 1. The predicted octanol–water partition coefficient (Wildman–Crippen LogP) is 4.58. The highest BCUT2D eigenvalue weighted by Crippen LogP contribution is 2.30. The van der Waals surface area contributed by atoms with E-state index in [1.54, 1.807) is 19.2 Å². The molecule has 0 saturated carbocycles. The molecule has 29 heavy (non-hydrogen) atoms. The predicted molar refractivity (Wildman–Crippen MR) is 115 cm³/mol. The van der Waals surface area contributed by atoms with Crippen LogP contribution in [-0.4, -0.2) is 32.1 Å². The second-order valence-corrected chi connectivity index (χ2v) is 7.64. The number of methoxy groups -OCH3 is 1. The van der Waals surface area contributed by atoms with E-state index in [1.807, 2.05) is 24.0 Å². The lowest BCUT2D eigenvalue weighted by atomic mass is 9.85. The molecule has 1 saturated heterocycles. The molecular formula is C24H31FN2O2. The lowest BCUT2D eigenvalue weighted by Crippen LogP contribution is -2.48. The second kappa shape index (κ2) is 10.4. The molecule has 1 atom stereocenters. The van der Waals surface area contributed by atoms with Crippen LogP contribution in [-0.2, 0) is 11.2 Å². The molecule has 1 aliphatic rings. The van der Waals surface area contributed by atoms with Crippen LogP contribution in [0.2, 0.25) is 0 Å². The molecule has 1 amide bonds. The van der Waals surface area contributed by atoms with Crippen LogP contribution >= 0.6 is 0 Å². The number of benzene rings is 2. The average Bonchev–Trinajstić information content (AvgIpc) is 2.78. The number of hydrogen-bond acceptors (Lipinski definition) is 3. The Kier molecular flexibility index (Phi) is 7.64. The van der Waals surface area contributed by atoms with Crippen molar-refractivity contribution in [2.24, 2.45) is 5.92 Å². The van der Waals surface area contributed by atoms with Crippen LogP contribution < -0.4 is 15.0 Å². The third kappa shape index (κ3) is 5.57. The number of carbonyl (C=O) groups is 1. The van der Waals surface area contributed by atoms with Gasteiger partial charge in [-0.25, -0.2) is 4.39 Å². The van der Waals surface area contributed by atoms with Crippen molar-refractivity contribution >= 4 is 11.6 Å². The molecule has 1 fully saturated rings. The summed E-state index contributed by atoms with van der Waals surface area (Å²) in [5, 5.41) is 3.42. The summed E-state index contributed by atoms with van der Waals surface area (Å²) in [6, 6.07) is 14.5. The zero-order valence-corrected chi connectivity index (χ0v) is 17.4. The lowest BCUT2D eigenvalue weighted by molar-refractivity contribution is -0.119. The molecule has 4 nitrogen and oxygen atoms in total. The number of nitrogens with zero attached hydrogens (tertiary/aromatic N) is 1. The number of carbonyl (C=O) groups excluding carboxylic acids is 1. The van der Waals surface area contributed by atoms with Crippen LogP contribution in [0.5, 0.6) is 5.75 Å². The first-order valence-corrected chi connectivity index (χ1v) is 10.5. The van der Waals surface area contributed by atoms with Crippen molar-refractivity contribution in [3.05, 3.63) is 59.9 Å². The Morgan fingerprint density at radius 2 is 1.79 bits per heavy atom. The van der Waals surface area contributed by atoms with Gasteiger partial charge in [-0.1, -0.05) is 19.1 Å². The monoisotopic (exact) mass is 398 g/mol. The fraction of sp³-hybridized carbons (Fsp3) is 0.458. The number of hydrogen-bond donors (Lipinski definition) is 1. The SMILES string of the molecule is CCC(=O)N(c1ccc(F)cc1)C(CCc1ccc(OC)cc1)C1CCNCC1. The van der Waals surface area contributed by atoms with Gasteiger partial charge in [0, 0.05) is 18.2 Å². The molecule has 1 unspecified atom stereocenters. The third-order valence-corrected chi connectivity index (χ3v) is 5.82. The second-order valence-electron chi connectivity index (χ2n) is 7.64. The van der Waals surface area contributed by atoms with Gasteiger partial charge in [0.25, 0.3) is 0 Å². The maximum Gasteiger partial charge on any atom is 0.226 e. The minimum Gasteiger partial charge on any atom is -0.497 e. The number of ether oxygens (including phenoxy) is 1. The van der Waals surface area contributed by atoms with E-state index in [2.05, 4.69) is 17.4 Å². The van der Waals surface area contributed by atoms with E-state index in [0.29, 0.717) is 12.3 Å². The summed E-state index contributed by atoms with van der Waals surface area (Å²) in [4.78, 5) is 14.9. The summed E-state index contributed by atoms with van der Waals surface area (Å²) < 4.78 is 18.7. The van der Waals surface area contributed by atoms with Gasteiger partial charge in [0.15, 0.2) is 0 Å². The van der Waals surface area contributed by atoms with Gasteiger partial charge in [-0.2, -0.15) is 0 Å². The fourth-order valence-corrected chi connectivity index (χ4v) is 4.20. The van der Waals surface area contributed by atoms with Gasteiger partial charge in [-0.3, -0.25) is 4.79 Å². The summed E-state index contributed by atoms with van der Waals surface area (Å²) >= 11 is 0. The molecule has 2 aromatic rings. The van der Waals surface area contributed by atoms with E-state index < -0.39 is 0 Å². The average molecular weight is 399 g/mol. The van der Waals surface area contributed by atoms with Crippen LogP contribution in [0.3, 0.4) is 0 Å². The highest BCUT2D eigenvalue weighted by Gasteiger charge is 2.32. The zero-order chi connectivity index (χ0) is 20.6. The Balaban J connectivity index is 1.86. The Hall–Kier alpha value is -2.40. The molecule has 1 aliphatic heterocycles. The highest BCUT2D eigenvalue weighted by atomic mass is 19.1. The molecule has 1 N–H and O–H groups in total. The van der Waals surface area contributed by atoms with Crippen molar-refractivity contribution < 1.29 is 13.9 Å². The van der Waals surface area contributed by atoms with Gasteiger partial charge < -0.3 is 15.0 Å². The first-order valence-electron chi connectivity index (χ1n) is 10.5. The van der Waals surface area contributed by atoms with Gasteiger partial charge in [-0.15, -0.1) is 0 Å². The Bertz CT molecular complexity index is 770. The quantitative estimate of drug-likeness (QED) is 0.708. The molecule has 3 rings (SSSR count). The molecule has 156 valence electrons. The Morgan fingerprint density at radius 1 is 1.14 bits per heavy atom. The number of halogens is 1. The summed E-state index contributed by atoms with van der Waals surface area (Å²) in [6.45, 7) is 3.84. The van der Waals surface area contributed by atoms with E-state index in [1.165, 1.54) is 17.7 Å². The number of rotatable bonds is 8. The van der Waals surface area contributed by atoms with Crippen LogP contribution in [0.25, 0.3) is 0 Å². The molecule has 5 heteroatoms. The Morgan fingerprint density at radius 3 is 2.38 bits per heavy atom. The standard InChI is InChI=1S/C24H31FN2O2/c1-3-24(28)27(21-9-7-20(25)8-10-21)23(19-14-16-26-17-15-19)13-6-18-4-11-22(29-2)12-5-18/h4-5,7-12,19,23,26H,3,6,13-17H2,1-2H3. The molecule has 0 aliphatic carbocycles. The van der Waals surface area contributed by atoms with Gasteiger partial charge >= 0.3 is 0 Å². The summed E-state index contributed by atoms with van der Waals surface area (Å²) in [5.74, 6) is 1.08. The summed E-state index contributed by atoms with van der Waals surface area (Å²) in [6.07, 6.45) is 4.28. The van der Waals surface area contributed by atoms with Crippen LogP contribution in [0.15, 0.2) is 48.5 Å². The molecule has 0 spiro atoms. The maximum atomic E-state index is 13.5. The smallest absolute Gasteiger partial charge is 0.226 e. The van der Waals surface area contributed by atoms with Crippen molar-refractivity contribution in [1.29, 1.82) is 0 Å². The van der Waals surface area contributed by atoms with E-state index in [4.69, 9.17) is 4.74 Å². The molecular weight excluding hydrogens is 367 g/mol. The summed E-state index contributed by atoms with van der Waals surface area (Å²) in [7, 11) is 1.67. The van der Waals surface area contributed by atoms with Crippen molar-refractivity contribution in [1.82, 2.24) is 5.32 Å². The number of nitrogens with one attached hydrogen (secondary N) is 1. The normalized spacial score (nSPS) is 15.7. The first-order chi connectivity index (χ1) is 14.1. The topological polar surface area (TPSA) is 41.6 Å². The first kappa shape index (κ1) is 21.3. The maximum absolute atomic E-state index is 13.5. The molecule has 1 heterocycles. The third-order valence-electron chi connectivity index (χ3n) is 5.82. The van der Waals surface area contributed by atoms with Gasteiger partial charge in [0.05, 0.1) is 7.11 Å². The molecule has 0 aromatic heterocycles. The van der Waals surface area contributed by atoms with Crippen molar-refractivity contribution in [2.45, 2.75) is 45.1 Å².